The van der Waals surface area contributed by atoms with Crippen LogP contribution < -0.4 is 11.3 Å². The molecule has 1 aliphatic rings. The molecule has 0 radical (unpaired) electrons. The molecule has 1 aliphatic heterocycles. The summed E-state index contributed by atoms with van der Waals surface area (Å²) < 4.78 is 6.85. The van der Waals surface area contributed by atoms with Gasteiger partial charge in [0.1, 0.15) is 0 Å². The average molecular weight is 333 g/mol. The molecule has 5 heteroatoms. The van der Waals surface area contributed by atoms with Gasteiger partial charge < -0.3 is 4.74 Å². The van der Waals surface area contributed by atoms with Crippen LogP contribution in [0.25, 0.3) is 0 Å². The van der Waals surface area contributed by atoms with Crippen LogP contribution in [0.4, 0.5) is 0 Å². The molecule has 1 fully saturated rings. The maximum Gasteiger partial charge on any atom is 0.0731 e. The average Bonchev–Trinajstić information content (AvgIpc) is 2.96. The number of hydrazine groups is 1. The first-order valence-electron chi connectivity index (χ1n) is 6.54. The van der Waals surface area contributed by atoms with Crippen LogP contribution >= 0.6 is 27.3 Å². The third-order valence-electron chi connectivity index (χ3n) is 3.46. The Kier molecular flexibility index (Phi) is 5.63. The van der Waals surface area contributed by atoms with Crippen LogP contribution in [0, 0.1) is 6.92 Å². The van der Waals surface area contributed by atoms with E-state index in [0.717, 1.165) is 25.9 Å². The summed E-state index contributed by atoms with van der Waals surface area (Å²) in [5.74, 6) is 5.67. The number of ether oxygens (including phenoxy) is 1. The zero-order valence-corrected chi connectivity index (χ0v) is 13.1. The lowest BCUT2D eigenvalue weighted by molar-refractivity contribution is 0.101. The minimum Gasteiger partial charge on any atom is -0.378 e. The van der Waals surface area contributed by atoms with Gasteiger partial charge in [-0.3, -0.25) is 11.3 Å². The van der Waals surface area contributed by atoms with E-state index in [4.69, 9.17) is 10.6 Å². The summed E-state index contributed by atoms with van der Waals surface area (Å²) in [6.07, 6.45) is 6.32. The van der Waals surface area contributed by atoms with Crippen LogP contribution in [0.15, 0.2) is 9.85 Å². The van der Waals surface area contributed by atoms with Gasteiger partial charge in [0.15, 0.2) is 0 Å². The Morgan fingerprint density at radius 3 is 3.06 bits per heavy atom. The molecule has 0 saturated carbocycles. The molecule has 0 spiro atoms. The predicted molar refractivity (Wildman–Crippen MR) is 79.6 cm³/mol. The highest BCUT2D eigenvalue weighted by Crippen LogP contribution is 2.33. The van der Waals surface area contributed by atoms with Gasteiger partial charge in [-0.15, -0.1) is 11.3 Å². The number of hydrogen-bond acceptors (Lipinski definition) is 4. The van der Waals surface area contributed by atoms with E-state index in [0.29, 0.717) is 6.10 Å². The van der Waals surface area contributed by atoms with Crippen molar-refractivity contribution in [1.29, 1.82) is 0 Å². The molecule has 0 bridgehead atoms. The van der Waals surface area contributed by atoms with Gasteiger partial charge in [-0.25, -0.2) is 0 Å². The van der Waals surface area contributed by atoms with E-state index >= 15 is 0 Å². The van der Waals surface area contributed by atoms with Gasteiger partial charge in [-0.05, 0) is 66.6 Å². The van der Waals surface area contributed by atoms with Crippen LogP contribution in [0.3, 0.4) is 0 Å². The second kappa shape index (κ2) is 7.01. The lowest BCUT2D eigenvalue weighted by Crippen LogP contribution is -2.27. The number of aryl methyl sites for hydroxylation is 1. The van der Waals surface area contributed by atoms with Crippen molar-refractivity contribution in [2.24, 2.45) is 5.84 Å². The molecule has 0 aliphatic carbocycles. The van der Waals surface area contributed by atoms with Crippen LogP contribution in [-0.2, 0) is 4.74 Å². The number of rotatable bonds is 6. The smallest absolute Gasteiger partial charge is 0.0731 e. The highest BCUT2D eigenvalue weighted by Gasteiger charge is 2.17. The van der Waals surface area contributed by atoms with E-state index < -0.39 is 0 Å². The van der Waals surface area contributed by atoms with Gasteiger partial charge in [0.2, 0.25) is 0 Å². The molecule has 2 unspecified atom stereocenters. The summed E-state index contributed by atoms with van der Waals surface area (Å²) in [6, 6.07) is 2.48. The number of thiophene rings is 1. The van der Waals surface area contributed by atoms with Crippen molar-refractivity contribution in [1.82, 2.24) is 5.43 Å². The SMILES string of the molecule is Cc1cc(C(CCCC2CCCO2)NN)sc1Br. The van der Waals surface area contributed by atoms with Gasteiger partial charge in [0, 0.05) is 11.5 Å². The van der Waals surface area contributed by atoms with Crippen LogP contribution in [0.1, 0.15) is 48.6 Å². The molecule has 18 heavy (non-hydrogen) atoms. The maximum absolute atomic E-state index is 5.67. The fourth-order valence-electron chi connectivity index (χ4n) is 2.38. The Bertz CT molecular complexity index is 358. The van der Waals surface area contributed by atoms with Gasteiger partial charge in [0.25, 0.3) is 0 Å². The van der Waals surface area contributed by atoms with Crippen molar-refractivity contribution in [3.8, 4) is 0 Å². The summed E-state index contributed by atoms with van der Waals surface area (Å²) >= 11 is 5.34. The highest BCUT2D eigenvalue weighted by atomic mass is 79.9. The van der Waals surface area contributed by atoms with Crippen LogP contribution in [0.2, 0.25) is 0 Å². The maximum atomic E-state index is 5.67. The molecule has 1 saturated heterocycles. The lowest BCUT2D eigenvalue weighted by atomic mass is 10.0. The van der Waals surface area contributed by atoms with Crippen molar-refractivity contribution < 1.29 is 4.74 Å². The first-order valence-corrected chi connectivity index (χ1v) is 8.15. The Hall–Kier alpha value is 0.0600. The number of halogens is 1. The molecule has 0 aromatic carbocycles. The summed E-state index contributed by atoms with van der Waals surface area (Å²) in [6.45, 7) is 3.06. The fraction of sp³-hybridized carbons (Fsp3) is 0.692. The second-order valence-corrected chi connectivity index (χ2v) is 7.29. The molecule has 0 amide bonds. The van der Waals surface area contributed by atoms with Gasteiger partial charge in [-0.2, -0.15) is 0 Å². The van der Waals surface area contributed by atoms with Crippen molar-refractivity contribution >= 4 is 27.3 Å². The van der Waals surface area contributed by atoms with Crippen molar-refractivity contribution in [3.05, 3.63) is 20.3 Å². The molecule has 2 heterocycles. The van der Waals surface area contributed by atoms with Crippen molar-refractivity contribution in [2.45, 2.75) is 51.2 Å². The zero-order chi connectivity index (χ0) is 13.0. The predicted octanol–water partition coefficient (Wildman–Crippen LogP) is 3.67. The molecule has 2 atom stereocenters. The Morgan fingerprint density at radius 1 is 1.67 bits per heavy atom. The summed E-state index contributed by atoms with van der Waals surface area (Å²) in [5, 5.41) is 0. The Morgan fingerprint density at radius 2 is 2.50 bits per heavy atom. The van der Waals surface area contributed by atoms with Crippen molar-refractivity contribution in [3.63, 3.8) is 0 Å². The van der Waals surface area contributed by atoms with E-state index in [1.54, 1.807) is 11.3 Å². The minimum atomic E-state index is 0.265. The van der Waals surface area contributed by atoms with Crippen LogP contribution in [-0.4, -0.2) is 12.7 Å². The zero-order valence-electron chi connectivity index (χ0n) is 10.7. The summed E-state index contributed by atoms with van der Waals surface area (Å²) in [5.41, 5.74) is 4.22. The van der Waals surface area contributed by atoms with E-state index in [1.807, 2.05) is 0 Å². The standard InChI is InChI=1S/C13H21BrN2OS/c1-9-8-12(18-13(9)14)11(16-15)6-2-4-10-5-3-7-17-10/h8,10-11,16H,2-7,15H2,1H3. The van der Waals surface area contributed by atoms with Gasteiger partial charge >= 0.3 is 0 Å². The molecular formula is C13H21BrN2OS. The third kappa shape index (κ3) is 3.78. The second-order valence-electron chi connectivity index (χ2n) is 4.89. The Labute approximate surface area is 121 Å². The number of hydrogen-bond donors (Lipinski definition) is 2. The quantitative estimate of drug-likeness (QED) is 0.617. The molecule has 3 N–H and O–H groups in total. The Balaban J connectivity index is 1.81. The minimum absolute atomic E-state index is 0.265. The van der Waals surface area contributed by atoms with E-state index in [1.165, 1.54) is 27.1 Å². The summed E-state index contributed by atoms with van der Waals surface area (Å²) in [4.78, 5) is 1.31. The van der Waals surface area contributed by atoms with E-state index in [2.05, 4.69) is 34.3 Å². The molecule has 2 rings (SSSR count). The van der Waals surface area contributed by atoms with Gasteiger partial charge in [0.05, 0.1) is 15.9 Å². The summed E-state index contributed by atoms with van der Waals surface area (Å²) in [7, 11) is 0. The molecule has 1 aromatic rings. The monoisotopic (exact) mass is 332 g/mol. The lowest BCUT2D eigenvalue weighted by Gasteiger charge is -2.15. The molecule has 3 nitrogen and oxygen atoms in total. The van der Waals surface area contributed by atoms with E-state index in [9.17, 15) is 0 Å². The van der Waals surface area contributed by atoms with Gasteiger partial charge in [-0.1, -0.05) is 0 Å². The first kappa shape index (κ1) is 14.5. The topological polar surface area (TPSA) is 47.3 Å². The third-order valence-corrected chi connectivity index (χ3v) is 5.71. The fourth-order valence-corrected chi connectivity index (χ4v) is 4.05. The molecular weight excluding hydrogens is 312 g/mol. The van der Waals surface area contributed by atoms with Crippen LogP contribution in [0.5, 0.6) is 0 Å². The number of nitrogens with one attached hydrogen (secondary N) is 1. The van der Waals surface area contributed by atoms with Crippen molar-refractivity contribution in [2.75, 3.05) is 6.61 Å². The normalized spacial score (nSPS) is 21.4. The number of nitrogens with two attached hydrogens (primary N) is 1. The molecule has 102 valence electrons. The van der Waals surface area contributed by atoms with E-state index in [-0.39, 0.29) is 6.04 Å². The highest BCUT2D eigenvalue weighted by molar-refractivity contribution is 9.11. The first-order chi connectivity index (χ1) is 8.70. The largest absolute Gasteiger partial charge is 0.378 e. The molecule has 1 aromatic heterocycles.